The zero-order chi connectivity index (χ0) is 23.7. The lowest BCUT2D eigenvalue weighted by atomic mass is 10.0. The smallest absolute Gasteiger partial charge is 0.245 e. The van der Waals surface area contributed by atoms with Crippen LogP contribution in [0, 0.1) is 13.8 Å². The largest absolute Gasteiger partial charge is 0.365 e. The van der Waals surface area contributed by atoms with Gasteiger partial charge in [-0.3, -0.25) is 4.79 Å². The molecule has 2 aliphatic heterocycles. The Morgan fingerprint density at radius 2 is 1.74 bits per heavy atom. The standard InChI is InChI=1S/C28H33N5O/c1-4-27(34)31-12-7-14-32(15-8-13-31)28-24-11-16-33(19-25(24)29-21(3)30-28)26-18-20(2)17-22-9-5-6-10-23(22)26/h4-6,9-10,17-18H,1,7-8,11-16,19H2,2-3H3. The Hall–Kier alpha value is -3.41. The van der Waals surface area contributed by atoms with Crippen molar-refractivity contribution in [3.05, 3.63) is 71.7 Å². The fraction of sp³-hybridized carbons (Fsp3) is 0.393. The van der Waals surface area contributed by atoms with Gasteiger partial charge in [-0.15, -0.1) is 0 Å². The quantitative estimate of drug-likeness (QED) is 0.547. The molecule has 1 aromatic heterocycles. The highest BCUT2D eigenvalue weighted by Gasteiger charge is 2.26. The molecule has 34 heavy (non-hydrogen) atoms. The van der Waals surface area contributed by atoms with E-state index in [0.29, 0.717) is 0 Å². The summed E-state index contributed by atoms with van der Waals surface area (Å²) in [6, 6.07) is 13.2. The van der Waals surface area contributed by atoms with Gasteiger partial charge in [0.15, 0.2) is 0 Å². The number of carbonyl (C=O) groups is 1. The fourth-order valence-electron chi connectivity index (χ4n) is 5.39. The molecule has 1 fully saturated rings. The van der Waals surface area contributed by atoms with Crippen molar-refractivity contribution in [1.29, 1.82) is 0 Å². The molecule has 0 radical (unpaired) electrons. The van der Waals surface area contributed by atoms with Gasteiger partial charge in [-0.25, -0.2) is 9.97 Å². The number of fused-ring (bicyclic) bond motifs is 2. The third kappa shape index (κ3) is 4.37. The summed E-state index contributed by atoms with van der Waals surface area (Å²) in [6.07, 6.45) is 4.22. The van der Waals surface area contributed by atoms with Gasteiger partial charge in [0.25, 0.3) is 0 Å². The summed E-state index contributed by atoms with van der Waals surface area (Å²) in [6.45, 7) is 12.9. The van der Waals surface area contributed by atoms with Gasteiger partial charge in [-0.1, -0.05) is 36.9 Å². The molecule has 6 heteroatoms. The molecule has 2 aliphatic rings. The number of aryl methyl sites for hydroxylation is 2. The van der Waals surface area contributed by atoms with Crippen LogP contribution in [0.25, 0.3) is 10.8 Å². The summed E-state index contributed by atoms with van der Waals surface area (Å²) in [5.74, 6) is 1.96. The van der Waals surface area contributed by atoms with Crippen LogP contribution in [0.4, 0.5) is 11.5 Å². The topological polar surface area (TPSA) is 52.6 Å². The number of hydrogen-bond acceptors (Lipinski definition) is 5. The van der Waals surface area contributed by atoms with Crippen LogP contribution in [0.15, 0.2) is 49.1 Å². The number of amides is 1. The van der Waals surface area contributed by atoms with E-state index in [1.54, 1.807) is 0 Å². The zero-order valence-corrected chi connectivity index (χ0v) is 20.3. The molecule has 0 bridgehead atoms. The highest BCUT2D eigenvalue weighted by Crippen LogP contribution is 2.34. The minimum atomic E-state index is 0.0347. The van der Waals surface area contributed by atoms with Crippen molar-refractivity contribution in [3.63, 3.8) is 0 Å². The number of anilines is 2. The van der Waals surface area contributed by atoms with Gasteiger partial charge in [-0.05, 0) is 56.2 Å². The molecule has 3 aromatic rings. The van der Waals surface area contributed by atoms with Crippen molar-refractivity contribution in [2.24, 2.45) is 0 Å². The van der Waals surface area contributed by atoms with Gasteiger partial charge in [0, 0.05) is 49.4 Å². The van der Waals surface area contributed by atoms with Crippen molar-refractivity contribution >= 4 is 28.2 Å². The number of benzene rings is 2. The van der Waals surface area contributed by atoms with Crippen LogP contribution in [0.5, 0.6) is 0 Å². The Bertz CT molecular complexity index is 1230. The second kappa shape index (κ2) is 9.45. The van der Waals surface area contributed by atoms with E-state index >= 15 is 0 Å². The molecule has 5 rings (SSSR count). The molecule has 0 atom stereocenters. The van der Waals surface area contributed by atoms with Gasteiger partial charge < -0.3 is 14.7 Å². The summed E-state index contributed by atoms with van der Waals surface area (Å²) in [5, 5.41) is 2.58. The molecule has 0 spiro atoms. The van der Waals surface area contributed by atoms with Gasteiger partial charge in [0.2, 0.25) is 5.91 Å². The Morgan fingerprint density at radius 3 is 2.50 bits per heavy atom. The summed E-state index contributed by atoms with van der Waals surface area (Å²) in [7, 11) is 0. The summed E-state index contributed by atoms with van der Waals surface area (Å²) < 4.78 is 0. The zero-order valence-electron chi connectivity index (χ0n) is 20.3. The Morgan fingerprint density at radius 1 is 0.971 bits per heavy atom. The molecule has 176 valence electrons. The Balaban J connectivity index is 1.41. The lowest BCUT2D eigenvalue weighted by molar-refractivity contribution is -0.126. The van der Waals surface area contributed by atoms with Crippen molar-refractivity contribution in [1.82, 2.24) is 14.9 Å². The number of hydrogen-bond donors (Lipinski definition) is 0. The SMILES string of the molecule is C=CC(=O)N1CCCN(c2nc(C)nc3c2CCN(c2cc(C)cc4ccccc24)C3)CCC1. The van der Waals surface area contributed by atoms with Crippen LogP contribution in [0.2, 0.25) is 0 Å². The van der Waals surface area contributed by atoms with Crippen LogP contribution >= 0.6 is 0 Å². The average molecular weight is 456 g/mol. The lowest BCUT2D eigenvalue weighted by Crippen LogP contribution is -2.40. The third-order valence-corrected chi connectivity index (χ3v) is 6.98. The van der Waals surface area contributed by atoms with Crippen molar-refractivity contribution in [2.45, 2.75) is 39.7 Å². The molecule has 0 aliphatic carbocycles. The Kier molecular flexibility index (Phi) is 6.22. The predicted octanol–water partition coefficient (Wildman–Crippen LogP) is 4.42. The van der Waals surface area contributed by atoms with Gasteiger partial charge in [-0.2, -0.15) is 0 Å². The maximum atomic E-state index is 12.0. The maximum Gasteiger partial charge on any atom is 0.245 e. The first kappa shape index (κ1) is 22.4. The monoisotopic (exact) mass is 455 g/mol. The molecular formula is C28H33N5O. The van der Waals surface area contributed by atoms with E-state index < -0.39 is 0 Å². The van der Waals surface area contributed by atoms with Crippen LogP contribution < -0.4 is 9.80 Å². The summed E-state index contributed by atoms with van der Waals surface area (Å²) in [4.78, 5) is 28.6. The van der Waals surface area contributed by atoms with E-state index in [2.05, 4.69) is 59.7 Å². The first-order valence-electron chi connectivity index (χ1n) is 12.3. The number of aromatic nitrogens is 2. The molecule has 1 saturated heterocycles. The number of nitrogens with zero attached hydrogens (tertiary/aromatic N) is 5. The second-order valence-corrected chi connectivity index (χ2v) is 9.42. The first-order chi connectivity index (χ1) is 16.5. The molecule has 1 amide bonds. The number of rotatable bonds is 3. The van der Waals surface area contributed by atoms with Crippen LogP contribution in [-0.2, 0) is 17.8 Å². The van der Waals surface area contributed by atoms with Crippen LogP contribution in [0.1, 0.15) is 35.5 Å². The average Bonchev–Trinajstić information content (AvgIpc) is 2.82. The van der Waals surface area contributed by atoms with E-state index in [1.807, 2.05) is 11.8 Å². The molecule has 0 unspecified atom stereocenters. The van der Waals surface area contributed by atoms with Gasteiger partial charge >= 0.3 is 0 Å². The molecular weight excluding hydrogens is 422 g/mol. The van der Waals surface area contributed by atoms with Crippen LogP contribution in [0.3, 0.4) is 0 Å². The minimum Gasteiger partial charge on any atom is -0.365 e. The highest BCUT2D eigenvalue weighted by molar-refractivity contribution is 5.95. The van der Waals surface area contributed by atoms with Gasteiger partial charge in [0.05, 0.1) is 12.2 Å². The van der Waals surface area contributed by atoms with E-state index in [9.17, 15) is 4.79 Å². The van der Waals surface area contributed by atoms with E-state index in [1.165, 1.54) is 33.7 Å². The molecule has 3 heterocycles. The van der Waals surface area contributed by atoms with E-state index in [0.717, 1.165) is 75.9 Å². The molecule has 0 N–H and O–H groups in total. The predicted molar refractivity (Wildman–Crippen MR) is 138 cm³/mol. The lowest BCUT2D eigenvalue weighted by Gasteiger charge is -2.35. The molecule has 6 nitrogen and oxygen atoms in total. The molecule has 2 aromatic carbocycles. The van der Waals surface area contributed by atoms with Gasteiger partial charge in [0.1, 0.15) is 11.6 Å². The third-order valence-electron chi connectivity index (χ3n) is 6.98. The molecule has 0 saturated carbocycles. The summed E-state index contributed by atoms with van der Waals surface area (Å²) in [5.41, 5.74) is 5.00. The number of carbonyl (C=O) groups excluding carboxylic acids is 1. The van der Waals surface area contributed by atoms with Crippen molar-refractivity contribution in [3.8, 4) is 0 Å². The second-order valence-electron chi connectivity index (χ2n) is 9.42. The normalized spacial score (nSPS) is 16.7. The van der Waals surface area contributed by atoms with E-state index in [-0.39, 0.29) is 5.91 Å². The van der Waals surface area contributed by atoms with Crippen LogP contribution in [-0.4, -0.2) is 53.5 Å². The van der Waals surface area contributed by atoms with Crippen molar-refractivity contribution < 1.29 is 4.79 Å². The fourth-order valence-corrected chi connectivity index (χ4v) is 5.39. The first-order valence-corrected chi connectivity index (χ1v) is 12.3. The van der Waals surface area contributed by atoms with E-state index in [4.69, 9.17) is 9.97 Å². The highest BCUT2D eigenvalue weighted by atomic mass is 16.2. The Labute approximate surface area is 201 Å². The summed E-state index contributed by atoms with van der Waals surface area (Å²) >= 11 is 0. The van der Waals surface area contributed by atoms with Crippen molar-refractivity contribution in [2.75, 3.05) is 42.5 Å². The maximum absolute atomic E-state index is 12.0. The minimum absolute atomic E-state index is 0.0347.